The van der Waals surface area contributed by atoms with Crippen LogP contribution in [0.2, 0.25) is 0 Å². The van der Waals surface area contributed by atoms with Gasteiger partial charge in [0.1, 0.15) is 6.10 Å². The second-order valence-corrected chi connectivity index (χ2v) is 3.72. The number of hydrogen-bond donors (Lipinski definition) is 3. The molecular weight excluding hydrogens is 250 g/mol. The Labute approximate surface area is 89.7 Å². The average molecular weight is 262 g/mol. The van der Waals surface area contributed by atoms with Crippen LogP contribution in [0.15, 0.2) is 16.9 Å². The predicted molar refractivity (Wildman–Crippen MR) is 56.6 cm³/mol. The molecule has 1 rings (SSSR count). The van der Waals surface area contributed by atoms with Crippen LogP contribution in [0.5, 0.6) is 0 Å². The van der Waals surface area contributed by atoms with E-state index in [-0.39, 0.29) is 10.9 Å². The standard InChI is InChI=1S/C9H12BrNO3/c1-5-6(2-3-8(13)11-5)9(14)7(12)4-10/h2-3,7,9,12,14H,4H2,1H3,(H,11,13). The van der Waals surface area contributed by atoms with E-state index in [0.29, 0.717) is 11.3 Å². The van der Waals surface area contributed by atoms with Crippen LogP contribution < -0.4 is 5.56 Å². The molecule has 1 aromatic heterocycles. The first-order valence-corrected chi connectivity index (χ1v) is 5.30. The maximum atomic E-state index is 10.9. The van der Waals surface area contributed by atoms with E-state index in [9.17, 15) is 15.0 Å². The fraction of sp³-hybridized carbons (Fsp3) is 0.444. The number of hydrogen-bond acceptors (Lipinski definition) is 3. The lowest BCUT2D eigenvalue weighted by Gasteiger charge is -2.17. The van der Waals surface area contributed by atoms with Gasteiger partial charge in [-0.1, -0.05) is 15.9 Å². The highest BCUT2D eigenvalue weighted by molar-refractivity contribution is 9.09. The molecule has 0 aliphatic heterocycles. The van der Waals surface area contributed by atoms with Crippen molar-refractivity contribution < 1.29 is 10.2 Å². The van der Waals surface area contributed by atoms with Gasteiger partial charge in [-0.2, -0.15) is 0 Å². The minimum atomic E-state index is -0.980. The molecule has 1 aromatic rings. The minimum Gasteiger partial charge on any atom is -0.389 e. The van der Waals surface area contributed by atoms with Crippen LogP contribution in [0, 0.1) is 6.92 Å². The third kappa shape index (κ3) is 2.43. The van der Waals surface area contributed by atoms with E-state index in [2.05, 4.69) is 20.9 Å². The molecule has 5 heteroatoms. The number of nitrogens with one attached hydrogen (secondary N) is 1. The van der Waals surface area contributed by atoms with Crippen LogP contribution in [0.3, 0.4) is 0 Å². The molecule has 14 heavy (non-hydrogen) atoms. The minimum absolute atomic E-state index is 0.216. The molecule has 0 amide bonds. The lowest BCUT2D eigenvalue weighted by atomic mass is 10.0. The number of halogens is 1. The molecule has 2 atom stereocenters. The summed E-state index contributed by atoms with van der Waals surface area (Å²) in [6.07, 6.45) is -1.86. The summed E-state index contributed by atoms with van der Waals surface area (Å²) in [5.74, 6) is 0. The smallest absolute Gasteiger partial charge is 0.248 e. The molecule has 0 fully saturated rings. The number of aliphatic hydroxyl groups excluding tert-OH is 2. The van der Waals surface area contributed by atoms with E-state index in [4.69, 9.17) is 0 Å². The summed E-state index contributed by atoms with van der Waals surface area (Å²) in [5, 5.41) is 19.3. The van der Waals surface area contributed by atoms with Crippen molar-refractivity contribution in [2.24, 2.45) is 0 Å². The molecule has 4 nitrogen and oxygen atoms in total. The Morgan fingerprint density at radius 3 is 2.64 bits per heavy atom. The molecule has 0 aromatic carbocycles. The predicted octanol–water partition coefficient (Wildman–Crippen LogP) is 0.473. The highest BCUT2D eigenvalue weighted by atomic mass is 79.9. The van der Waals surface area contributed by atoms with E-state index < -0.39 is 12.2 Å². The number of aliphatic hydroxyl groups is 2. The van der Waals surface area contributed by atoms with Crippen LogP contribution in [-0.4, -0.2) is 26.6 Å². The van der Waals surface area contributed by atoms with Gasteiger partial charge >= 0.3 is 0 Å². The molecular formula is C9H12BrNO3. The van der Waals surface area contributed by atoms with E-state index >= 15 is 0 Å². The van der Waals surface area contributed by atoms with Gasteiger partial charge in [0.2, 0.25) is 5.56 Å². The average Bonchev–Trinajstić information content (AvgIpc) is 2.15. The number of aromatic amines is 1. The highest BCUT2D eigenvalue weighted by Gasteiger charge is 2.18. The van der Waals surface area contributed by atoms with Crippen molar-refractivity contribution in [1.82, 2.24) is 4.98 Å². The fourth-order valence-corrected chi connectivity index (χ4v) is 1.56. The van der Waals surface area contributed by atoms with Gasteiger partial charge in [0.05, 0.1) is 6.10 Å². The summed E-state index contributed by atoms with van der Waals surface area (Å²) in [7, 11) is 0. The zero-order chi connectivity index (χ0) is 10.7. The Kier molecular flexibility index (Phi) is 3.86. The third-order valence-electron chi connectivity index (χ3n) is 2.00. The molecule has 0 spiro atoms. The molecule has 0 aliphatic carbocycles. The Morgan fingerprint density at radius 2 is 2.14 bits per heavy atom. The van der Waals surface area contributed by atoms with Crippen molar-refractivity contribution in [2.75, 3.05) is 5.33 Å². The summed E-state index contributed by atoms with van der Waals surface area (Å²) < 4.78 is 0. The molecule has 0 radical (unpaired) electrons. The summed E-state index contributed by atoms with van der Waals surface area (Å²) in [6.45, 7) is 1.68. The third-order valence-corrected chi connectivity index (χ3v) is 2.66. The first-order chi connectivity index (χ1) is 6.56. The van der Waals surface area contributed by atoms with Gasteiger partial charge in [-0.3, -0.25) is 4.79 Å². The van der Waals surface area contributed by atoms with Crippen LogP contribution in [-0.2, 0) is 0 Å². The first-order valence-electron chi connectivity index (χ1n) is 4.18. The monoisotopic (exact) mass is 261 g/mol. The lowest BCUT2D eigenvalue weighted by Crippen LogP contribution is -2.22. The number of alkyl halides is 1. The van der Waals surface area contributed by atoms with Gasteiger partial charge in [-0.05, 0) is 13.0 Å². The lowest BCUT2D eigenvalue weighted by molar-refractivity contribution is 0.0336. The van der Waals surface area contributed by atoms with E-state index in [1.807, 2.05) is 0 Å². The largest absolute Gasteiger partial charge is 0.389 e. The highest BCUT2D eigenvalue weighted by Crippen LogP contribution is 2.19. The number of H-pyrrole nitrogens is 1. The van der Waals surface area contributed by atoms with Crippen LogP contribution in [0.4, 0.5) is 0 Å². The zero-order valence-electron chi connectivity index (χ0n) is 7.70. The Balaban J connectivity index is 3.01. The molecule has 0 saturated heterocycles. The van der Waals surface area contributed by atoms with E-state index in [1.165, 1.54) is 12.1 Å². The van der Waals surface area contributed by atoms with Gasteiger partial charge in [0.25, 0.3) is 0 Å². The Hall–Kier alpha value is -0.650. The molecule has 1 heterocycles. The van der Waals surface area contributed by atoms with Crippen molar-refractivity contribution in [3.8, 4) is 0 Å². The SMILES string of the molecule is Cc1[nH]c(=O)ccc1C(O)C(O)CBr. The first kappa shape index (κ1) is 11.4. The number of aromatic nitrogens is 1. The van der Waals surface area contributed by atoms with Gasteiger partial charge in [0, 0.05) is 22.7 Å². The number of rotatable bonds is 3. The summed E-state index contributed by atoms with van der Waals surface area (Å²) in [4.78, 5) is 13.5. The van der Waals surface area contributed by atoms with Crippen molar-refractivity contribution in [3.63, 3.8) is 0 Å². The maximum Gasteiger partial charge on any atom is 0.248 e. The van der Waals surface area contributed by atoms with Gasteiger partial charge in [0.15, 0.2) is 0 Å². The number of pyridine rings is 1. The summed E-state index contributed by atoms with van der Waals surface area (Å²) in [6, 6.07) is 2.84. The fourth-order valence-electron chi connectivity index (χ4n) is 1.20. The normalized spacial score (nSPS) is 15.1. The zero-order valence-corrected chi connectivity index (χ0v) is 9.28. The molecule has 3 N–H and O–H groups in total. The van der Waals surface area contributed by atoms with Crippen molar-refractivity contribution in [1.29, 1.82) is 0 Å². The molecule has 0 bridgehead atoms. The topological polar surface area (TPSA) is 73.3 Å². The second kappa shape index (κ2) is 4.72. The van der Waals surface area contributed by atoms with Crippen LogP contribution in [0.1, 0.15) is 17.4 Å². The van der Waals surface area contributed by atoms with Gasteiger partial charge in [-0.25, -0.2) is 0 Å². The van der Waals surface area contributed by atoms with Crippen molar-refractivity contribution in [3.05, 3.63) is 33.7 Å². The van der Waals surface area contributed by atoms with Gasteiger partial charge in [-0.15, -0.1) is 0 Å². The maximum absolute atomic E-state index is 10.9. The molecule has 0 aliphatic rings. The van der Waals surface area contributed by atoms with Crippen LogP contribution in [0.25, 0.3) is 0 Å². The molecule has 2 unspecified atom stereocenters. The Bertz CT molecular complexity index is 363. The van der Waals surface area contributed by atoms with Crippen LogP contribution >= 0.6 is 15.9 Å². The summed E-state index contributed by atoms with van der Waals surface area (Å²) >= 11 is 3.07. The second-order valence-electron chi connectivity index (χ2n) is 3.07. The van der Waals surface area contributed by atoms with Crippen molar-refractivity contribution in [2.45, 2.75) is 19.1 Å². The van der Waals surface area contributed by atoms with Crippen molar-refractivity contribution >= 4 is 15.9 Å². The Morgan fingerprint density at radius 1 is 1.50 bits per heavy atom. The molecule has 0 saturated carbocycles. The number of aryl methyl sites for hydroxylation is 1. The van der Waals surface area contributed by atoms with E-state index in [0.717, 1.165) is 0 Å². The quantitative estimate of drug-likeness (QED) is 0.693. The summed E-state index contributed by atoms with van der Waals surface area (Å²) in [5.41, 5.74) is 0.897. The van der Waals surface area contributed by atoms with Gasteiger partial charge < -0.3 is 15.2 Å². The van der Waals surface area contributed by atoms with E-state index in [1.54, 1.807) is 6.92 Å². The molecule has 78 valence electrons.